The van der Waals surface area contributed by atoms with Crippen molar-refractivity contribution in [2.45, 2.75) is 25.2 Å². The number of nitrogens with zero attached hydrogens (tertiary/aromatic N) is 2. The Hall–Kier alpha value is -1.91. The SMILES string of the molecule is COC(=O)c1cc2[nH]cnc2c(C2CCC2)n1. The van der Waals surface area contributed by atoms with E-state index in [0.717, 1.165) is 29.6 Å². The molecule has 0 aliphatic heterocycles. The van der Waals surface area contributed by atoms with Crippen LogP contribution in [0.2, 0.25) is 0 Å². The van der Waals surface area contributed by atoms with E-state index >= 15 is 0 Å². The van der Waals surface area contributed by atoms with Crippen LogP contribution in [0.3, 0.4) is 0 Å². The van der Waals surface area contributed by atoms with Gasteiger partial charge in [0.05, 0.1) is 24.6 Å². The number of methoxy groups -OCH3 is 1. The summed E-state index contributed by atoms with van der Waals surface area (Å²) in [6, 6.07) is 1.69. The van der Waals surface area contributed by atoms with Crippen molar-refractivity contribution in [2.75, 3.05) is 7.11 Å². The van der Waals surface area contributed by atoms with Crippen LogP contribution >= 0.6 is 0 Å². The number of carbonyl (C=O) groups is 1. The summed E-state index contributed by atoms with van der Waals surface area (Å²) in [5.41, 5.74) is 3.01. The summed E-state index contributed by atoms with van der Waals surface area (Å²) < 4.78 is 4.71. The zero-order valence-electron chi connectivity index (χ0n) is 9.56. The maximum absolute atomic E-state index is 11.5. The van der Waals surface area contributed by atoms with Gasteiger partial charge in [-0.15, -0.1) is 0 Å². The topological polar surface area (TPSA) is 67.9 Å². The maximum atomic E-state index is 11.5. The number of H-pyrrole nitrogens is 1. The fourth-order valence-corrected chi connectivity index (χ4v) is 2.15. The quantitative estimate of drug-likeness (QED) is 0.803. The van der Waals surface area contributed by atoms with E-state index in [4.69, 9.17) is 4.74 Å². The fourth-order valence-electron chi connectivity index (χ4n) is 2.15. The lowest BCUT2D eigenvalue weighted by atomic mass is 9.82. The Morgan fingerprint density at radius 2 is 2.35 bits per heavy atom. The lowest BCUT2D eigenvalue weighted by Gasteiger charge is -2.25. The average Bonchev–Trinajstić information content (AvgIpc) is 2.73. The Bertz CT molecular complexity index is 572. The minimum atomic E-state index is -0.401. The number of fused-ring (bicyclic) bond motifs is 1. The molecule has 5 nitrogen and oxygen atoms in total. The van der Waals surface area contributed by atoms with Gasteiger partial charge in [0.1, 0.15) is 5.52 Å². The van der Waals surface area contributed by atoms with Gasteiger partial charge in [0, 0.05) is 5.92 Å². The van der Waals surface area contributed by atoms with Crippen LogP contribution in [0.15, 0.2) is 12.4 Å². The Labute approximate surface area is 98.2 Å². The highest BCUT2D eigenvalue weighted by Gasteiger charge is 2.25. The Balaban J connectivity index is 2.16. The first-order valence-electron chi connectivity index (χ1n) is 5.72. The second-order valence-electron chi connectivity index (χ2n) is 4.31. The summed E-state index contributed by atoms with van der Waals surface area (Å²) in [7, 11) is 1.37. The number of pyridine rings is 1. The largest absolute Gasteiger partial charge is 0.464 e. The normalized spacial score (nSPS) is 15.8. The minimum Gasteiger partial charge on any atom is -0.464 e. The molecule has 2 aromatic rings. The zero-order valence-corrected chi connectivity index (χ0v) is 9.56. The Kier molecular flexibility index (Phi) is 2.31. The summed E-state index contributed by atoms with van der Waals surface area (Å²) in [5, 5.41) is 0. The van der Waals surface area contributed by atoms with Gasteiger partial charge in [-0.3, -0.25) is 0 Å². The molecule has 1 fully saturated rings. The number of aromatic amines is 1. The van der Waals surface area contributed by atoms with Crippen molar-refractivity contribution in [3.8, 4) is 0 Å². The van der Waals surface area contributed by atoms with Crippen molar-refractivity contribution in [3.63, 3.8) is 0 Å². The van der Waals surface area contributed by atoms with E-state index in [1.807, 2.05) is 0 Å². The lowest BCUT2D eigenvalue weighted by molar-refractivity contribution is 0.0593. The number of esters is 1. The van der Waals surface area contributed by atoms with E-state index < -0.39 is 5.97 Å². The van der Waals surface area contributed by atoms with Crippen LogP contribution < -0.4 is 0 Å². The van der Waals surface area contributed by atoms with Gasteiger partial charge in [-0.25, -0.2) is 14.8 Å². The van der Waals surface area contributed by atoms with Crippen LogP contribution in [0.1, 0.15) is 41.4 Å². The van der Waals surface area contributed by atoms with Crippen LogP contribution in [0, 0.1) is 0 Å². The van der Waals surface area contributed by atoms with Gasteiger partial charge in [0.2, 0.25) is 0 Å². The number of ether oxygens (including phenoxy) is 1. The molecule has 0 spiro atoms. The molecule has 1 saturated carbocycles. The van der Waals surface area contributed by atoms with Crippen molar-refractivity contribution in [1.29, 1.82) is 0 Å². The van der Waals surface area contributed by atoms with Crippen LogP contribution in [-0.2, 0) is 4.74 Å². The van der Waals surface area contributed by atoms with Gasteiger partial charge in [-0.2, -0.15) is 0 Å². The Morgan fingerprint density at radius 1 is 1.53 bits per heavy atom. The molecule has 2 aromatic heterocycles. The number of imidazole rings is 1. The molecule has 0 radical (unpaired) electrons. The van der Waals surface area contributed by atoms with Gasteiger partial charge in [0.25, 0.3) is 0 Å². The highest BCUT2D eigenvalue weighted by molar-refractivity contribution is 5.92. The third-order valence-corrected chi connectivity index (χ3v) is 3.32. The summed E-state index contributed by atoms with van der Waals surface area (Å²) in [4.78, 5) is 23.3. The monoisotopic (exact) mass is 231 g/mol. The molecule has 0 bridgehead atoms. The lowest BCUT2D eigenvalue weighted by Crippen LogP contribution is -2.14. The second-order valence-corrected chi connectivity index (χ2v) is 4.31. The van der Waals surface area contributed by atoms with Crippen molar-refractivity contribution >= 4 is 17.0 Å². The third kappa shape index (κ3) is 1.58. The average molecular weight is 231 g/mol. The fraction of sp³-hybridized carbons (Fsp3) is 0.417. The van der Waals surface area contributed by atoms with Crippen LogP contribution in [0.5, 0.6) is 0 Å². The molecule has 0 unspecified atom stereocenters. The zero-order chi connectivity index (χ0) is 11.8. The predicted octanol–water partition coefficient (Wildman–Crippen LogP) is 2.01. The number of rotatable bonds is 2. The molecule has 0 aromatic carbocycles. The van der Waals surface area contributed by atoms with Gasteiger partial charge in [-0.1, -0.05) is 6.42 Å². The first-order valence-corrected chi connectivity index (χ1v) is 5.72. The summed E-state index contributed by atoms with van der Waals surface area (Å²) in [6.07, 6.45) is 5.11. The minimum absolute atomic E-state index is 0.353. The Morgan fingerprint density at radius 3 is 3.00 bits per heavy atom. The molecule has 17 heavy (non-hydrogen) atoms. The molecule has 3 rings (SSSR count). The van der Waals surface area contributed by atoms with E-state index in [0.29, 0.717) is 11.6 Å². The van der Waals surface area contributed by atoms with Crippen LogP contribution in [-0.4, -0.2) is 28.0 Å². The number of aromatic nitrogens is 3. The van der Waals surface area contributed by atoms with Crippen molar-refractivity contribution in [2.24, 2.45) is 0 Å². The van der Waals surface area contributed by atoms with E-state index in [2.05, 4.69) is 15.0 Å². The van der Waals surface area contributed by atoms with Crippen molar-refractivity contribution in [3.05, 3.63) is 23.8 Å². The van der Waals surface area contributed by atoms with Gasteiger partial charge in [-0.05, 0) is 18.9 Å². The van der Waals surface area contributed by atoms with Crippen LogP contribution in [0.25, 0.3) is 11.0 Å². The molecule has 1 aliphatic carbocycles. The molecule has 0 amide bonds. The smallest absolute Gasteiger partial charge is 0.356 e. The molecule has 0 atom stereocenters. The number of hydrogen-bond donors (Lipinski definition) is 1. The van der Waals surface area contributed by atoms with E-state index in [1.54, 1.807) is 12.4 Å². The molecule has 88 valence electrons. The third-order valence-electron chi connectivity index (χ3n) is 3.32. The summed E-state index contributed by atoms with van der Waals surface area (Å²) in [6.45, 7) is 0. The molecular weight excluding hydrogens is 218 g/mol. The van der Waals surface area contributed by atoms with E-state index in [9.17, 15) is 4.79 Å². The van der Waals surface area contributed by atoms with Gasteiger partial charge < -0.3 is 9.72 Å². The second kappa shape index (κ2) is 3.84. The number of carbonyl (C=O) groups excluding carboxylic acids is 1. The van der Waals surface area contributed by atoms with E-state index in [-0.39, 0.29) is 0 Å². The first-order chi connectivity index (χ1) is 8.29. The van der Waals surface area contributed by atoms with Crippen molar-refractivity contribution < 1.29 is 9.53 Å². The standard InChI is InChI=1S/C12H13N3O2/c1-17-12(16)9-5-8-11(14-6-13-8)10(15-9)7-3-2-4-7/h5-7H,2-4H2,1H3,(H,13,14). The molecule has 1 N–H and O–H groups in total. The highest BCUT2D eigenvalue weighted by Crippen LogP contribution is 2.37. The van der Waals surface area contributed by atoms with Gasteiger partial charge >= 0.3 is 5.97 Å². The van der Waals surface area contributed by atoms with Gasteiger partial charge in [0.15, 0.2) is 5.69 Å². The van der Waals surface area contributed by atoms with Crippen LogP contribution in [0.4, 0.5) is 0 Å². The highest BCUT2D eigenvalue weighted by atomic mass is 16.5. The maximum Gasteiger partial charge on any atom is 0.356 e. The predicted molar refractivity (Wildman–Crippen MR) is 61.8 cm³/mol. The van der Waals surface area contributed by atoms with Crippen molar-refractivity contribution in [1.82, 2.24) is 15.0 Å². The van der Waals surface area contributed by atoms with E-state index in [1.165, 1.54) is 13.5 Å². The first kappa shape index (κ1) is 10.3. The molecule has 0 saturated heterocycles. The number of nitrogens with one attached hydrogen (secondary N) is 1. The molecule has 1 aliphatic rings. The molecule has 2 heterocycles. The number of hydrogen-bond acceptors (Lipinski definition) is 4. The molecule has 5 heteroatoms. The summed E-state index contributed by atoms with van der Waals surface area (Å²) >= 11 is 0. The molecular formula is C12H13N3O2. The summed E-state index contributed by atoms with van der Waals surface area (Å²) in [5.74, 6) is 0.0347.